The first-order valence-corrected chi connectivity index (χ1v) is 8.85. The van der Waals surface area contributed by atoms with Crippen LogP contribution in [0.5, 0.6) is 0 Å². The summed E-state index contributed by atoms with van der Waals surface area (Å²) in [4.78, 5) is 28.3. The Balaban J connectivity index is 1.56. The van der Waals surface area contributed by atoms with Crippen molar-refractivity contribution in [3.63, 3.8) is 0 Å². The topological polar surface area (TPSA) is 49.9 Å². The van der Waals surface area contributed by atoms with Crippen LogP contribution >= 0.6 is 0 Å². The van der Waals surface area contributed by atoms with Gasteiger partial charge in [0.15, 0.2) is 0 Å². The number of carbonyl (C=O) groups is 2. The third kappa shape index (κ3) is 3.96. The highest BCUT2D eigenvalue weighted by atomic mass is 16.5. The zero-order valence-electron chi connectivity index (χ0n) is 14.3. The van der Waals surface area contributed by atoms with E-state index in [0.29, 0.717) is 32.7 Å². The molecule has 5 heteroatoms. The van der Waals surface area contributed by atoms with E-state index in [2.05, 4.69) is 0 Å². The van der Waals surface area contributed by atoms with Crippen molar-refractivity contribution in [2.75, 3.05) is 19.7 Å². The van der Waals surface area contributed by atoms with E-state index in [9.17, 15) is 9.59 Å². The number of hydrogen-bond donors (Lipinski definition) is 0. The van der Waals surface area contributed by atoms with Gasteiger partial charge in [0.2, 0.25) is 11.8 Å². The smallest absolute Gasteiger partial charge is 0.224 e. The molecule has 0 spiro atoms. The molecule has 1 aliphatic heterocycles. The van der Waals surface area contributed by atoms with Gasteiger partial charge in [0.05, 0.1) is 18.8 Å². The minimum atomic E-state index is 0.00683. The normalized spacial score (nSPS) is 23.0. The van der Waals surface area contributed by atoms with Gasteiger partial charge in [0.25, 0.3) is 0 Å². The lowest BCUT2D eigenvalue weighted by molar-refractivity contribution is -0.144. The zero-order valence-corrected chi connectivity index (χ0v) is 14.3. The molecule has 2 amide bonds. The van der Waals surface area contributed by atoms with Crippen molar-refractivity contribution >= 4 is 11.8 Å². The minimum Gasteiger partial charge on any atom is -0.374 e. The summed E-state index contributed by atoms with van der Waals surface area (Å²) in [6.45, 7) is 3.90. The molecule has 2 fully saturated rings. The number of fused-ring (bicyclic) bond motifs is 1. The van der Waals surface area contributed by atoms with Crippen molar-refractivity contribution in [1.29, 1.82) is 0 Å². The molecular formula is C19H26N2O3. The predicted octanol–water partition coefficient (Wildman–Crippen LogP) is 2.21. The highest BCUT2D eigenvalue weighted by Crippen LogP contribution is 2.30. The Morgan fingerprint density at radius 2 is 2.04 bits per heavy atom. The van der Waals surface area contributed by atoms with Crippen LogP contribution in [0.1, 0.15) is 38.2 Å². The molecule has 0 radical (unpaired) electrons. The average Bonchev–Trinajstić information content (AvgIpc) is 3.07. The summed E-state index contributed by atoms with van der Waals surface area (Å²) < 4.78 is 5.77. The number of hydrogen-bond acceptors (Lipinski definition) is 3. The van der Waals surface area contributed by atoms with E-state index in [1.807, 2.05) is 35.2 Å². The largest absolute Gasteiger partial charge is 0.374 e. The SMILES string of the molecule is CC(=O)N(CCC(=O)N1CCO[C@@H]2CCC[C@@H]21)Cc1ccccc1. The molecule has 1 aromatic rings. The van der Waals surface area contributed by atoms with Gasteiger partial charge >= 0.3 is 0 Å². The van der Waals surface area contributed by atoms with Crippen molar-refractivity contribution in [1.82, 2.24) is 9.80 Å². The fourth-order valence-electron chi connectivity index (χ4n) is 3.76. The Hall–Kier alpha value is -1.88. The van der Waals surface area contributed by atoms with E-state index >= 15 is 0 Å². The van der Waals surface area contributed by atoms with Crippen LogP contribution in [0.15, 0.2) is 30.3 Å². The Kier molecular flexibility index (Phi) is 5.51. The lowest BCUT2D eigenvalue weighted by Gasteiger charge is -2.38. The van der Waals surface area contributed by atoms with Crippen LogP contribution in [0.25, 0.3) is 0 Å². The van der Waals surface area contributed by atoms with Crippen LogP contribution in [0.2, 0.25) is 0 Å². The van der Waals surface area contributed by atoms with Gasteiger partial charge in [-0.25, -0.2) is 0 Å². The summed E-state index contributed by atoms with van der Waals surface area (Å²) in [7, 11) is 0. The molecule has 3 rings (SSSR count). The highest BCUT2D eigenvalue weighted by molar-refractivity contribution is 5.78. The summed E-state index contributed by atoms with van der Waals surface area (Å²) in [6, 6.07) is 10.1. The fraction of sp³-hybridized carbons (Fsp3) is 0.579. The van der Waals surface area contributed by atoms with Crippen LogP contribution in [0, 0.1) is 0 Å². The maximum absolute atomic E-state index is 12.7. The predicted molar refractivity (Wildman–Crippen MR) is 91.2 cm³/mol. The molecule has 0 unspecified atom stereocenters. The molecule has 130 valence electrons. The Labute approximate surface area is 143 Å². The second-order valence-corrected chi connectivity index (χ2v) is 6.67. The van der Waals surface area contributed by atoms with Gasteiger partial charge in [-0.05, 0) is 24.8 Å². The third-order valence-electron chi connectivity index (χ3n) is 5.06. The fourth-order valence-corrected chi connectivity index (χ4v) is 3.76. The van der Waals surface area contributed by atoms with Crippen molar-refractivity contribution in [2.24, 2.45) is 0 Å². The number of morpholine rings is 1. The second kappa shape index (κ2) is 7.79. The van der Waals surface area contributed by atoms with Gasteiger partial charge in [-0.2, -0.15) is 0 Å². The molecule has 1 aromatic carbocycles. The molecule has 1 saturated heterocycles. The lowest BCUT2D eigenvalue weighted by atomic mass is 10.1. The highest BCUT2D eigenvalue weighted by Gasteiger charge is 2.38. The van der Waals surface area contributed by atoms with Gasteiger partial charge in [-0.1, -0.05) is 30.3 Å². The molecule has 0 N–H and O–H groups in total. The molecule has 24 heavy (non-hydrogen) atoms. The molecular weight excluding hydrogens is 304 g/mol. The molecule has 1 saturated carbocycles. The monoisotopic (exact) mass is 330 g/mol. The number of nitrogens with zero attached hydrogens (tertiary/aromatic N) is 2. The van der Waals surface area contributed by atoms with Crippen molar-refractivity contribution in [3.8, 4) is 0 Å². The van der Waals surface area contributed by atoms with Crippen molar-refractivity contribution in [3.05, 3.63) is 35.9 Å². The van der Waals surface area contributed by atoms with Crippen LogP contribution in [-0.2, 0) is 20.9 Å². The number of amides is 2. The van der Waals surface area contributed by atoms with Gasteiger partial charge in [0, 0.05) is 33.0 Å². The molecule has 1 aliphatic carbocycles. The first-order chi connectivity index (χ1) is 11.6. The lowest BCUT2D eigenvalue weighted by Crippen LogP contribution is -2.51. The Morgan fingerprint density at radius 3 is 2.79 bits per heavy atom. The molecule has 5 nitrogen and oxygen atoms in total. The Morgan fingerprint density at radius 1 is 1.25 bits per heavy atom. The average molecular weight is 330 g/mol. The van der Waals surface area contributed by atoms with Crippen LogP contribution in [0.4, 0.5) is 0 Å². The van der Waals surface area contributed by atoms with Crippen LogP contribution in [-0.4, -0.2) is 53.5 Å². The van der Waals surface area contributed by atoms with E-state index in [1.54, 1.807) is 11.8 Å². The van der Waals surface area contributed by atoms with Gasteiger partial charge in [-0.3, -0.25) is 9.59 Å². The maximum atomic E-state index is 12.7. The Bertz CT molecular complexity index is 575. The third-order valence-corrected chi connectivity index (χ3v) is 5.06. The molecule has 2 aliphatic rings. The number of carbonyl (C=O) groups excluding carboxylic acids is 2. The maximum Gasteiger partial charge on any atom is 0.224 e. The summed E-state index contributed by atoms with van der Waals surface area (Å²) in [5.74, 6) is 0.155. The van der Waals surface area contributed by atoms with Crippen LogP contribution in [0.3, 0.4) is 0 Å². The standard InChI is InChI=1S/C19H26N2O3/c1-15(22)20(14-16-6-3-2-4-7-16)11-10-19(23)21-12-13-24-18-9-5-8-17(18)21/h2-4,6-7,17-18H,5,8-14H2,1H3/t17-,18+/m0/s1. The summed E-state index contributed by atoms with van der Waals surface area (Å²) >= 11 is 0. The summed E-state index contributed by atoms with van der Waals surface area (Å²) in [6.07, 6.45) is 3.83. The first-order valence-electron chi connectivity index (χ1n) is 8.85. The van der Waals surface area contributed by atoms with E-state index in [1.165, 1.54) is 0 Å². The van der Waals surface area contributed by atoms with E-state index in [4.69, 9.17) is 4.74 Å². The van der Waals surface area contributed by atoms with E-state index < -0.39 is 0 Å². The van der Waals surface area contributed by atoms with E-state index in [-0.39, 0.29) is 24.0 Å². The van der Waals surface area contributed by atoms with Crippen molar-refractivity contribution < 1.29 is 14.3 Å². The van der Waals surface area contributed by atoms with E-state index in [0.717, 1.165) is 24.8 Å². The second-order valence-electron chi connectivity index (χ2n) is 6.67. The summed E-state index contributed by atoms with van der Waals surface area (Å²) in [5, 5.41) is 0. The number of ether oxygens (including phenoxy) is 1. The van der Waals surface area contributed by atoms with Crippen molar-refractivity contribution in [2.45, 2.75) is 51.3 Å². The first kappa shape index (κ1) is 17.0. The molecule has 2 atom stereocenters. The van der Waals surface area contributed by atoms with Gasteiger partial charge in [-0.15, -0.1) is 0 Å². The quantitative estimate of drug-likeness (QED) is 0.832. The minimum absolute atomic E-state index is 0.00683. The zero-order chi connectivity index (χ0) is 16.9. The number of rotatable bonds is 5. The molecule has 1 heterocycles. The van der Waals surface area contributed by atoms with Gasteiger partial charge < -0.3 is 14.5 Å². The number of benzene rings is 1. The molecule has 0 bridgehead atoms. The van der Waals surface area contributed by atoms with Crippen LogP contribution < -0.4 is 0 Å². The van der Waals surface area contributed by atoms with Gasteiger partial charge in [0.1, 0.15) is 0 Å². The molecule has 0 aromatic heterocycles. The summed E-state index contributed by atoms with van der Waals surface area (Å²) in [5.41, 5.74) is 1.09.